The van der Waals surface area contributed by atoms with Crippen LogP contribution < -0.4 is 14.5 Å². The van der Waals surface area contributed by atoms with E-state index in [0.29, 0.717) is 12.6 Å². The van der Waals surface area contributed by atoms with Crippen LogP contribution in [0.3, 0.4) is 0 Å². The molecule has 4 rings (SSSR count). The third kappa shape index (κ3) is 3.68. The van der Waals surface area contributed by atoms with Crippen LogP contribution >= 0.6 is 0 Å². The van der Waals surface area contributed by atoms with Crippen LogP contribution in [0.4, 0.5) is 5.69 Å². The van der Waals surface area contributed by atoms with Crippen LogP contribution in [0.15, 0.2) is 53.7 Å². The van der Waals surface area contributed by atoms with Crippen LogP contribution in [0.25, 0.3) is 10.9 Å². The molecule has 7 nitrogen and oxygen atoms in total. The van der Waals surface area contributed by atoms with Gasteiger partial charge in [-0.3, -0.25) is 0 Å². The molecule has 3 aromatic rings. The summed E-state index contributed by atoms with van der Waals surface area (Å²) in [6.45, 7) is 8.36. The van der Waals surface area contributed by atoms with Gasteiger partial charge in [0.25, 0.3) is 0 Å². The zero-order chi connectivity index (χ0) is 21.1. The molecule has 0 saturated carbocycles. The maximum atomic E-state index is 6.35. The van der Waals surface area contributed by atoms with Crippen molar-refractivity contribution < 1.29 is 14.2 Å². The summed E-state index contributed by atoms with van der Waals surface area (Å²) in [6, 6.07) is 14.5. The van der Waals surface area contributed by atoms with Crippen molar-refractivity contribution in [2.75, 3.05) is 31.8 Å². The normalized spacial score (nSPS) is 15.8. The number of fused-ring (bicyclic) bond motifs is 2. The van der Waals surface area contributed by atoms with Crippen molar-refractivity contribution in [3.8, 4) is 11.5 Å². The molecule has 2 heterocycles. The van der Waals surface area contributed by atoms with Crippen molar-refractivity contribution >= 4 is 22.6 Å². The maximum Gasteiger partial charge on any atom is 0.311 e. The number of nitrogens with zero attached hydrogens (tertiary/aromatic N) is 3. The lowest BCUT2D eigenvalue weighted by Crippen LogP contribution is -2.50. The van der Waals surface area contributed by atoms with Gasteiger partial charge >= 0.3 is 6.02 Å². The SMILES string of the molecule is CCOC1=NC(Oc2ccc3[nH]ccc3c2)c2cc(OC)ccc2N1N(CC)CC. The Bertz CT molecular complexity index is 1040. The molecule has 0 bridgehead atoms. The monoisotopic (exact) mass is 408 g/mol. The fourth-order valence-electron chi connectivity index (χ4n) is 3.71. The summed E-state index contributed by atoms with van der Waals surface area (Å²) in [5.41, 5.74) is 2.98. The minimum atomic E-state index is -0.542. The van der Waals surface area contributed by atoms with E-state index in [0.717, 1.165) is 46.7 Å². The highest BCUT2D eigenvalue weighted by Crippen LogP contribution is 2.39. The van der Waals surface area contributed by atoms with Gasteiger partial charge < -0.3 is 19.2 Å². The molecule has 158 valence electrons. The molecule has 1 atom stereocenters. The molecule has 0 fully saturated rings. The van der Waals surface area contributed by atoms with Crippen LogP contribution in [0.5, 0.6) is 11.5 Å². The van der Waals surface area contributed by atoms with Crippen molar-refractivity contribution in [1.82, 2.24) is 9.99 Å². The number of H-pyrrole nitrogens is 1. The van der Waals surface area contributed by atoms with E-state index in [1.54, 1.807) is 7.11 Å². The second-order valence-corrected chi connectivity index (χ2v) is 6.92. The summed E-state index contributed by atoms with van der Waals surface area (Å²) < 4.78 is 17.8. The molecule has 2 aromatic carbocycles. The van der Waals surface area contributed by atoms with E-state index >= 15 is 0 Å². The molecular formula is C23H28N4O3. The summed E-state index contributed by atoms with van der Waals surface area (Å²) in [7, 11) is 1.66. The van der Waals surface area contributed by atoms with Crippen molar-refractivity contribution in [1.29, 1.82) is 0 Å². The lowest BCUT2D eigenvalue weighted by molar-refractivity contribution is 0.189. The van der Waals surface area contributed by atoms with Crippen LogP contribution in [0.2, 0.25) is 0 Å². The zero-order valence-electron chi connectivity index (χ0n) is 17.9. The van der Waals surface area contributed by atoms with Crippen LogP contribution in [0, 0.1) is 0 Å². The third-order valence-electron chi connectivity index (χ3n) is 5.20. The number of hydrogen-bond donors (Lipinski definition) is 1. The number of rotatable bonds is 7. The summed E-state index contributed by atoms with van der Waals surface area (Å²) in [5.74, 6) is 1.51. The first kappa shape index (κ1) is 20.1. The minimum absolute atomic E-state index is 0.518. The van der Waals surface area contributed by atoms with E-state index in [-0.39, 0.29) is 0 Å². The van der Waals surface area contributed by atoms with E-state index < -0.39 is 6.23 Å². The third-order valence-corrected chi connectivity index (χ3v) is 5.20. The Labute approximate surface area is 176 Å². The molecule has 0 aliphatic carbocycles. The molecule has 1 aliphatic heterocycles. The van der Waals surface area contributed by atoms with Crippen molar-refractivity contribution in [2.24, 2.45) is 4.99 Å². The number of benzene rings is 2. The number of amidine groups is 1. The summed E-state index contributed by atoms with van der Waals surface area (Å²) in [4.78, 5) is 8.05. The molecule has 0 saturated heterocycles. The van der Waals surface area contributed by atoms with Gasteiger partial charge in [0.1, 0.15) is 11.5 Å². The average molecular weight is 409 g/mol. The van der Waals surface area contributed by atoms with Gasteiger partial charge in [0.15, 0.2) is 0 Å². The smallest absolute Gasteiger partial charge is 0.311 e. The van der Waals surface area contributed by atoms with E-state index in [4.69, 9.17) is 19.2 Å². The predicted molar refractivity (Wildman–Crippen MR) is 119 cm³/mol. The van der Waals surface area contributed by atoms with E-state index in [9.17, 15) is 0 Å². The first-order valence-electron chi connectivity index (χ1n) is 10.4. The summed E-state index contributed by atoms with van der Waals surface area (Å²) in [6.07, 6.45) is 1.38. The minimum Gasteiger partial charge on any atom is -0.497 e. The van der Waals surface area contributed by atoms with Crippen LogP contribution in [-0.4, -0.2) is 42.8 Å². The lowest BCUT2D eigenvalue weighted by atomic mass is 10.1. The Hall–Kier alpha value is -3.19. The number of hydrogen-bond acceptors (Lipinski definition) is 6. The Kier molecular flexibility index (Phi) is 5.81. The molecule has 1 aromatic heterocycles. The average Bonchev–Trinajstić information content (AvgIpc) is 3.24. The van der Waals surface area contributed by atoms with Gasteiger partial charge in [-0.25, -0.2) is 10.0 Å². The van der Waals surface area contributed by atoms with Gasteiger partial charge in [0.05, 0.1) is 19.4 Å². The van der Waals surface area contributed by atoms with Gasteiger partial charge in [-0.2, -0.15) is 4.99 Å². The van der Waals surface area contributed by atoms with Crippen LogP contribution in [-0.2, 0) is 4.74 Å². The van der Waals surface area contributed by atoms with E-state index in [1.807, 2.05) is 60.6 Å². The first-order chi connectivity index (χ1) is 14.7. The summed E-state index contributed by atoms with van der Waals surface area (Å²) in [5, 5.41) is 5.31. The molecule has 1 aliphatic rings. The largest absolute Gasteiger partial charge is 0.497 e. The maximum absolute atomic E-state index is 6.35. The number of anilines is 1. The fraction of sp³-hybridized carbons (Fsp3) is 0.348. The number of hydrazine groups is 1. The Balaban J connectivity index is 1.78. The molecular weight excluding hydrogens is 380 g/mol. The first-order valence-corrected chi connectivity index (χ1v) is 10.4. The molecule has 0 spiro atoms. The standard InChI is InChI=1S/C23H28N4O3/c1-5-26(6-2)27-21-11-9-17(28-4)15-19(21)22(25-23(27)29-7-3)30-18-8-10-20-16(14-18)12-13-24-20/h8-15,22,24H,5-7H2,1-4H3. The van der Waals surface area contributed by atoms with E-state index in [1.165, 1.54) is 0 Å². The highest BCUT2D eigenvalue weighted by atomic mass is 16.5. The van der Waals surface area contributed by atoms with Gasteiger partial charge in [-0.05, 0) is 49.4 Å². The quantitative estimate of drug-likeness (QED) is 0.613. The molecule has 1 unspecified atom stereocenters. The molecule has 30 heavy (non-hydrogen) atoms. The molecule has 0 radical (unpaired) electrons. The predicted octanol–water partition coefficient (Wildman–Crippen LogP) is 4.72. The van der Waals surface area contributed by atoms with Crippen molar-refractivity contribution in [3.05, 3.63) is 54.2 Å². The molecule has 0 amide bonds. The highest BCUT2D eigenvalue weighted by Gasteiger charge is 2.33. The number of aliphatic imine (C=N–C) groups is 1. The second kappa shape index (κ2) is 8.67. The van der Waals surface area contributed by atoms with Crippen molar-refractivity contribution in [3.63, 3.8) is 0 Å². The fourth-order valence-corrected chi connectivity index (χ4v) is 3.71. The van der Waals surface area contributed by atoms with Gasteiger partial charge in [0.2, 0.25) is 6.23 Å². The van der Waals surface area contributed by atoms with Gasteiger partial charge in [0, 0.05) is 35.8 Å². The number of ether oxygens (including phenoxy) is 3. The number of nitrogens with one attached hydrogen (secondary N) is 1. The highest BCUT2D eigenvalue weighted by molar-refractivity contribution is 5.94. The Morgan fingerprint density at radius 1 is 1.03 bits per heavy atom. The Morgan fingerprint density at radius 2 is 1.83 bits per heavy atom. The van der Waals surface area contributed by atoms with E-state index in [2.05, 4.69) is 23.8 Å². The second-order valence-electron chi connectivity index (χ2n) is 6.92. The lowest BCUT2D eigenvalue weighted by Gasteiger charge is -2.39. The number of aromatic nitrogens is 1. The Morgan fingerprint density at radius 3 is 2.57 bits per heavy atom. The molecule has 1 N–H and O–H groups in total. The topological polar surface area (TPSA) is 62.3 Å². The van der Waals surface area contributed by atoms with Gasteiger partial charge in [-0.15, -0.1) is 0 Å². The van der Waals surface area contributed by atoms with Gasteiger partial charge in [-0.1, -0.05) is 13.8 Å². The summed E-state index contributed by atoms with van der Waals surface area (Å²) >= 11 is 0. The molecule has 7 heteroatoms. The number of aromatic amines is 1. The van der Waals surface area contributed by atoms with Crippen molar-refractivity contribution in [2.45, 2.75) is 27.0 Å². The number of methoxy groups -OCH3 is 1. The van der Waals surface area contributed by atoms with Crippen LogP contribution in [0.1, 0.15) is 32.6 Å². The zero-order valence-corrected chi connectivity index (χ0v) is 17.9.